The summed E-state index contributed by atoms with van der Waals surface area (Å²) < 4.78 is 0. The smallest absolute Gasteiger partial charge is 0.251 e. The van der Waals surface area contributed by atoms with Gasteiger partial charge in [-0.1, -0.05) is 18.5 Å². The first kappa shape index (κ1) is 13.6. The van der Waals surface area contributed by atoms with Crippen LogP contribution in [0.15, 0.2) is 30.6 Å². The molecule has 1 heterocycles. The highest BCUT2D eigenvalue weighted by molar-refractivity contribution is 6.31. The van der Waals surface area contributed by atoms with Crippen LogP contribution in [-0.4, -0.2) is 15.9 Å². The summed E-state index contributed by atoms with van der Waals surface area (Å²) in [5.41, 5.74) is 1.53. The third kappa shape index (κ3) is 3.35. The van der Waals surface area contributed by atoms with Gasteiger partial charge in [0.1, 0.15) is 5.82 Å². The van der Waals surface area contributed by atoms with Crippen molar-refractivity contribution in [2.75, 3.05) is 0 Å². The van der Waals surface area contributed by atoms with Gasteiger partial charge in [-0.3, -0.25) is 4.79 Å². The van der Waals surface area contributed by atoms with E-state index in [4.69, 9.17) is 11.6 Å². The second-order valence-corrected chi connectivity index (χ2v) is 4.86. The van der Waals surface area contributed by atoms with E-state index in [0.717, 1.165) is 17.8 Å². The van der Waals surface area contributed by atoms with Crippen LogP contribution in [0, 0.1) is 6.92 Å². The fourth-order valence-electron chi connectivity index (χ4n) is 1.94. The summed E-state index contributed by atoms with van der Waals surface area (Å²) in [6.45, 7) is 3.91. The van der Waals surface area contributed by atoms with Crippen molar-refractivity contribution in [1.82, 2.24) is 15.3 Å². The van der Waals surface area contributed by atoms with Gasteiger partial charge < -0.3 is 10.3 Å². The molecule has 5 heteroatoms. The zero-order valence-electron chi connectivity index (χ0n) is 10.9. The molecule has 0 spiro atoms. The van der Waals surface area contributed by atoms with E-state index in [0.29, 0.717) is 10.6 Å². The summed E-state index contributed by atoms with van der Waals surface area (Å²) in [7, 11) is 0. The highest BCUT2D eigenvalue weighted by atomic mass is 35.5. The highest BCUT2D eigenvalue weighted by Gasteiger charge is 2.16. The standard InChI is InChI=1S/C14H16ClN3O/c1-3-12(13-16-4-5-17-13)18-14(19)10-6-9(2)7-11(15)8-10/h4-8,12H,3H2,1-2H3,(H,16,17)(H,18,19). The zero-order valence-corrected chi connectivity index (χ0v) is 11.7. The van der Waals surface area contributed by atoms with E-state index in [2.05, 4.69) is 15.3 Å². The van der Waals surface area contributed by atoms with Gasteiger partial charge in [0, 0.05) is 23.0 Å². The predicted molar refractivity (Wildman–Crippen MR) is 75.3 cm³/mol. The van der Waals surface area contributed by atoms with E-state index in [1.807, 2.05) is 26.0 Å². The third-order valence-electron chi connectivity index (χ3n) is 2.87. The van der Waals surface area contributed by atoms with Gasteiger partial charge in [-0.2, -0.15) is 0 Å². The first-order valence-electron chi connectivity index (χ1n) is 6.17. The molecule has 0 aliphatic carbocycles. The minimum absolute atomic E-state index is 0.123. The summed E-state index contributed by atoms with van der Waals surface area (Å²) in [4.78, 5) is 19.4. The van der Waals surface area contributed by atoms with Crippen LogP contribution in [0.25, 0.3) is 0 Å². The van der Waals surface area contributed by atoms with Crippen LogP contribution >= 0.6 is 11.6 Å². The number of H-pyrrole nitrogens is 1. The molecule has 0 aliphatic rings. The van der Waals surface area contributed by atoms with Gasteiger partial charge in [0.05, 0.1) is 6.04 Å². The molecule has 1 atom stereocenters. The number of nitrogens with zero attached hydrogens (tertiary/aromatic N) is 1. The van der Waals surface area contributed by atoms with Gasteiger partial charge in [0.2, 0.25) is 0 Å². The zero-order chi connectivity index (χ0) is 13.8. The Morgan fingerprint density at radius 3 is 2.84 bits per heavy atom. The molecule has 0 saturated carbocycles. The lowest BCUT2D eigenvalue weighted by molar-refractivity contribution is 0.0934. The maximum Gasteiger partial charge on any atom is 0.251 e. The molecule has 2 rings (SSSR count). The molecule has 19 heavy (non-hydrogen) atoms. The van der Waals surface area contributed by atoms with E-state index in [9.17, 15) is 4.79 Å². The molecule has 1 unspecified atom stereocenters. The van der Waals surface area contributed by atoms with Crippen molar-refractivity contribution < 1.29 is 4.79 Å². The minimum atomic E-state index is -0.145. The van der Waals surface area contributed by atoms with Crippen LogP contribution < -0.4 is 5.32 Å². The van der Waals surface area contributed by atoms with Crippen molar-refractivity contribution >= 4 is 17.5 Å². The molecule has 0 radical (unpaired) electrons. The van der Waals surface area contributed by atoms with Gasteiger partial charge in [0.15, 0.2) is 0 Å². The van der Waals surface area contributed by atoms with Crippen LogP contribution in [0.3, 0.4) is 0 Å². The number of aromatic amines is 1. The van der Waals surface area contributed by atoms with Crippen LogP contribution in [0.5, 0.6) is 0 Å². The van der Waals surface area contributed by atoms with E-state index in [1.165, 1.54) is 0 Å². The van der Waals surface area contributed by atoms with E-state index in [1.54, 1.807) is 18.5 Å². The van der Waals surface area contributed by atoms with E-state index >= 15 is 0 Å². The number of halogens is 1. The van der Waals surface area contributed by atoms with Gasteiger partial charge >= 0.3 is 0 Å². The molecule has 0 bridgehead atoms. The second-order valence-electron chi connectivity index (χ2n) is 4.43. The Hall–Kier alpha value is -1.81. The highest BCUT2D eigenvalue weighted by Crippen LogP contribution is 2.17. The molecule has 1 amide bonds. The normalized spacial score (nSPS) is 12.2. The lowest BCUT2D eigenvalue weighted by Crippen LogP contribution is -2.28. The molecule has 4 nitrogen and oxygen atoms in total. The Morgan fingerprint density at radius 1 is 1.47 bits per heavy atom. The van der Waals surface area contributed by atoms with Crippen molar-refractivity contribution in [3.05, 3.63) is 52.6 Å². The Morgan fingerprint density at radius 2 is 2.26 bits per heavy atom. The van der Waals surface area contributed by atoms with Crippen LogP contribution in [0.2, 0.25) is 5.02 Å². The number of hydrogen-bond donors (Lipinski definition) is 2. The van der Waals surface area contributed by atoms with Crippen molar-refractivity contribution in [3.8, 4) is 0 Å². The number of benzene rings is 1. The fraction of sp³-hybridized carbons (Fsp3) is 0.286. The summed E-state index contributed by atoms with van der Waals surface area (Å²) in [6.07, 6.45) is 4.18. The Labute approximate surface area is 117 Å². The molecule has 0 aliphatic heterocycles. The first-order valence-corrected chi connectivity index (χ1v) is 6.55. The maximum atomic E-state index is 12.2. The number of hydrogen-bond acceptors (Lipinski definition) is 2. The molecular weight excluding hydrogens is 262 g/mol. The number of imidazole rings is 1. The Bertz CT molecular complexity index is 546. The van der Waals surface area contributed by atoms with Gasteiger partial charge in [-0.05, 0) is 37.1 Å². The predicted octanol–water partition coefficient (Wildman–Crippen LogP) is 3.25. The number of nitrogens with one attached hydrogen (secondary N) is 2. The van der Waals surface area contributed by atoms with Crippen molar-refractivity contribution in [2.45, 2.75) is 26.3 Å². The SMILES string of the molecule is CCC(NC(=O)c1cc(C)cc(Cl)c1)c1ncc[nH]1. The number of aromatic nitrogens is 2. The van der Waals surface area contributed by atoms with Gasteiger partial charge in [-0.25, -0.2) is 4.98 Å². The molecule has 1 aromatic heterocycles. The topological polar surface area (TPSA) is 57.8 Å². The quantitative estimate of drug-likeness (QED) is 0.901. The molecule has 100 valence electrons. The molecule has 2 N–H and O–H groups in total. The van der Waals surface area contributed by atoms with Gasteiger partial charge in [-0.15, -0.1) is 0 Å². The van der Waals surface area contributed by atoms with Crippen molar-refractivity contribution in [1.29, 1.82) is 0 Å². The Kier molecular flexibility index (Phi) is 4.22. The Balaban J connectivity index is 2.15. The van der Waals surface area contributed by atoms with Crippen molar-refractivity contribution in [2.24, 2.45) is 0 Å². The molecule has 0 fully saturated rings. The minimum Gasteiger partial charge on any atom is -0.347 e. The lowest BCUT2D eigenvalue weighted by atomic mass is 10.1. The average molecular weight is 278 g/mol. The van der Waals surface area contributed by atoms with Crippen LogP contribution in [0.1, 0.15) is 41.1 Å². The summed E-state index contributed by atoms with van der Waals surface area (Å²) in [6, 6.07) is 5.18. The van der Waals surface area contributed by atoms with Crippen LogP contribution in [0.4, 0.5) is 0 Å². The largest absolute Gasteiger partial charge is 0.347 e. The number of amides is 1. The number of rotatable bonds is 4. The molecule has 0 saturated heterocycles. The van der Waals surface area contributed by atoms with Crippen molar-refractivity contribution in [3.63, 3.8) is 0 Å². The molecular formula is C14H16ClN3O. The second kappa shape index (κ2) is 5.89. The van der Waals surface area contributed by atoms with Gasteiger partial charge in [0.25, 0.3) is 5.91 Å². The summed E-state index contributed by atoms with van der Waals surface area (Å²) in [5.74, 6) is 0.614. The van der Waals surface area contributed by atoms with E-state index < -0.39 is 0 Å². The number of carbonyl (C=O) groups excluding carboxylic acids is 1. The monoisotopic (exact) mass is 277 g/mol. The summed E-state index contributed by atoms with van der Waals surface area (Å²) >= 11 is 5.97. The maximum absolute atomic E-state index is 12.2. The number of aryl methyl sites for hydroxylation is 1. The average Bonchev–Trinajstić information content (AvgIpc) is 2.88. The van der Waals surface area contributed by atoms with E-state index in [-0.39, 0.29) is 11.9 Å². The van der Waals surface area contributed by atoms with Crippen LogP contribution in [-0.2, 0) is 0 Å². The number of carbonyl (C=O) groups is 1. The summed E-state index contributed by atoms with van der Waals surface area (Å²) in [5, 5.41) is 3.51. The lowest BCUT2D eigenvalue weighted by Gasteiger charge is -2.15. The molecule has 2 aromatic rings. The third-order valence-corrected chi connectivity index (χ3v) is 3.09. The first-order chi connectivity index (χ1) is 9.10. The fourth-order valence-corrected chi connectivity index (χ4v) is 2.23. The molecule has 1 aromatic carbocycles.